The van der Waals surface area contributed by atoms with Crippen LogP contribution in [-0.4, -0.2) is 24.2 Å². The number of ether oxygens (including phenoxy) is 1. The van der Waals surface area contributed by atoms with Gasteiger partial charge in [-0.05, 0) is 31.0 Å². The second kappa shape index (κ2) is 6.17. The van der Waals surface area contributed by atoms with Crippen molar-refractivity contribution in [3.8, 4) is 17.5 Å². The number of halogens is 1. The highest BCUT2D eigenvalue weighted by molar-refractivity contribution is 6.30. The first-order valence-corrected chi connectivity index (χ1v) is 7.16. The van der Waals surface area contributed by atoms with E-state index >= 15 is 0 Å². The van der Waals surface area contributed by atoms with E-state index in [1.165, 1.54) is 0 Å². The van der Waals surface area contributed by atoms with Gasteiger partial charge in [0.05, 0.1) is 6.10 Å². The summed E-state index contributed by atoms with van der Waals surface area (Å²) in [5.74, 6) is 0.756. The zero-order chi connectivity index (χ0) is 14.7. The zero-order valence-electron chi connectivity index (χ0n) is 11.3. The van der Waals surface area contributed by atoms with E-state index in [-0.39, 0.29) is 11.8 Å². The number of nitrogens with zero attached hydrogens (tertiary/aromatic N) is 2. The summed E-state index contributed by atoms with van der Waals surface area (Å²) in [6, 6.07) is 9.21. The zero-order valence-corrected chi connectivity index (χ0v) is 12.1. The summed E-state index contributed by atoms with van der Waals surface area (Å²) in [4.78, 5) is 4.20. The molecule has 0 amide bonds. The Hall–Kier alpha value is -2.03. The van der Waals surface area contributed by atoms with Crippen molar-refractivity contribution in [1.29, 1.82) is 5.26 Å². The van der Waals surface area contributed by atoms with Crippen LogP contribution in [0.2, 0.25) is 5.02 Å². The van der Waals surface area contributed by atoms with Crippen LogP contribution < -0.4 is 5.32 Å². The summed E-state index contributed by atoms with van der Waals surface area (Å²) in [5, 5.41) is 12.9. The minimum Gasteiger partial charge on any atom is -0.419 e. The van der Waals surface area contributed by atoms with E-state index in [4.69, 9.17) is 26.0 Å². The van der Waals surface area contributed by atoms with Gasteiger partial charge in [-0.1, -0.05) is 17.7 Å². The van der Waals surface area contributed by atoms with E-state index in [1.807, 2.05) is 18.2 Å². The van der Waals surface area contributed by atoms with Gasteiger partial charge in [0, 0.05) is 23.7 Å². The van der Waals surface area contributed by atoms with Crippen molar-refractivity contribution in [2.45, 2.75) is 18.9 Å². The standard InChI is InChI=1S/C15H14ClN3O2/c16-11-4-1-3-10(7-11)14-19-13(8-17)15(21-14)18-9-12-5-2-6-20-12/h1,3-4,7,12,18H,2,5-6,9H2/t12-/m0/s1. The maximum atomic E-state index is 9.16. The first kappa shape index (κ1) is 13.9. The molecular weight excluding hydrogens is 290 g/mol. The number of anilines is 1. The largest absolute Gasteiger partial charge is 0.419 e. The van der Waals surface area contributed by atoms with E-state index in [1.54, 1.807) is 12.1 Å². The summed E-state index contributed by atoms with van der Waals surface area (Å²) in [5.41, 5.74) is 0.979. The van der Waals surface area contributed by atoms with Crippen molar-refractivity contribution in [3.63, 3.8) is 0 Å². The highest BCUT2D eigenvalue weighted by Crippen LogP contribution is 2.27. The molecule has 0 unspecified atom stereocenters. The Kier molecular flexibility index (Phi) is 4.09. The van der Waals surface area contributed by atoms with Crippen LogP contribution in [0.25, 0.3) is 11.5 Å². The molecule has 0 spiro atoms. The first-order chi connectivity index (χ1) is 10.3. The van der Waals surface area contributed by atoms with Crippen molar-refractivity contribution >= 4 is 17.5 Å². The molecule has 108 valence electrons. The van der Waals surface area contributed by atoms with Gasteiger partial charge in [-0.3, -0.25) is 0 Å². The van der Waals surface area contributed by atoms with E-state index in [9.17, 15) is 0 Å². The maximum absolute atomic E-state index is 9.16. The molecule has 3 rings (SSSR count). The minimum absolute atomic E-state index is 0.163. The van der Waals surface area contributed by atoms with Gasteiger partial charge in [-0.15, -0.1) is 0 Å². The number of hydrogen-bond donors (Lipinski definition) is 1. The lowest BCUT2D eigenvalue weighted by Crippen LogP contribution is -2.18. The van der Waals surface area contributed by atoms with E-state index in [0.717, 1.165) is 25.0 Å². The lowest BCUT2D eigenvalue weighted by Gasteiger charge is -2.09. The molecule has 1 aliphatic heterocycles. The van der Waals surface area contributed by atoms with Crippen LogP contribution in [0.1, 0.15) is 18.5 Å². The van der Waals surface area contributed by atoms with Gasteiger partial charge >= 0.3 is 0 Å². The number of hydrogen-bond acceptors (Lipinski definition) is 5. The van der Waals surface area contributed by atoms with Crippen molar-refractivity contribution < 1.29 is 9.15 Å². The molecule has 21 heavy (non-hydrogen) atoms. The number of benzene rings is 1. The van der Waals surface area contributed by atoms with Gasteiger partial charge < -0.3 is 14.5 Å². The fourth-order valence-corrected chi connectivity index (χ4v) is 2.46. The molecule has 0 saturated carbocycles. The van der Waals surface area contributed by atoms with E-state index in [2.05, 4.69) is 10.3 Å². The predicted octanol–water partition coefficient (Wildman–Crippen LogP) is 3.46. The normalized spacial score (nSPS) is 17.6. The molecule has 5 nitrogen and oxygen atoms in total. The number of nitrogens with one attached hydrogen (secondary N) is 1. The summed E-state index contributed by atoms with van der Waals surface area (Å²) in [7, 11) is 0. The lowest BCUT2D eigenvalue weighted by atomic mass is 10.2. The molecule has 0 bridgehead atoms. The molecule has 1 atom stereocenters. The monoisotopic (exact) mass is 303 g/mol. The molecule has 1 aromatic heterocycles. The summed E-state index contributed by atoms with van der Waals surface area (Å²) in [6.45, 7) is 1.40. The van der Waals surface area contributed by atoms with Crippen LogP contribution in [0.15, 0.2) is 28.7 Å². The van der Waals surface area contributed by atoms with Gasteiger partial charge in [0.1, 0.15) is 6.07 Å². The number of rotatable bonds is 4. The predicted molar refractivity (Wildman–Crippen MR) is 79.1 cm³/mol. The third-order valence-corrected chi connectivity index (χ3v) is 3.55. The third kappa shape index (κ3) is 3.18. The SMILES string of the molecule is N#Cc1nc(-c2cccc(Cl)c2)oc1NC[C@@H]1CCCO1. The molecule has 0 aliphatic carbocycles. The van der Waals surface area contributed by atoms with Crippen LogP contribution in [0.4, 0.5) is 5.88 Å². The van der Waals surface area contributed by atoms with Crippen molar-refractivity contribution in [1.82, 2.24) is 4.98 Å². The molecule has 2 heterocycles. The van der Waals surface area contributed by atoms with Crippen molar-refractivity contribution in [3.05, 3.63) is 35.0 Å². The van der Waals surface area contributed by atoms with Crippen LogP contribution in [0.5, 0.6) is 0 Å². The smallest absolute Gasteiger partial charge is 0.232 e. The Morgan fingerprint density at radius 3 is 3.10 bits per heavy atom. The number of aromatic nitrogens is 1. The quantitative estimate of drug-likeness (QED) is 0.936. The lowest BCUT2D eigenvalue weighted by molar-refractivity contribution is 0.120. The number of oxazole rings is 1. The molecule has 0 radical (unpaired) electrons. The van der Waals surface area contributed by atoms with Crippen LogP contribution in [0, 0.1) is 11.3 Å². The molecule has 1 saturated heterocycles. The van der Waals surface area contributed by atoms with Crippen LogP contribution in [-0.2, 0) is 4.74 Å². The molecule has 1 N–H and O–H groups in total. The van der Waals surface area contributed by atoms with Gasteiger partial charge in [0.15, 0.2) is 0 Å². The van der Waals surface area contributed by atoms with E-state index in [0.29, 0.717) is 23.3 Å². The Balaban J connectivity index is 1.79. The van der Waals surface area contributed by atoms with Gasteiger partial charge in [0.25, 0.3) is 0 Å². The molecule has 6 heteroatoms. The first-order valence-electron chi connectivity index (χ1n) is 6.78. The van der Waals surface area contributed by atoms with Gasteiger partial charge in [-0.2, -0.15) is 10.2 Å². The van der Waals surface area contributed by atoms with Gasteiger partial charge in [0.2, 0.25) is 17.5 Å². The average Bonchev–Trinajstić information content (AvgIpc) is 3.14. The maximum Gasteiger partial charge on any atom is 0.232 e. The summed E-state index contributed by atoms with van der Waals surface area (Å²) in [6.07, 6.45) is 2.25. The fourth-order valence-electron chi connectivity index (χ4n) is 2.27. The summed E-state index contributed by atoms with van der Waals surface area (Å²) >= 11 is 5.96. The molecule has 1 aliphatic rings. The highest BCUT2D eigenvalue weighted by atomic mass is 35.5. The van der Waals surface area contributed by atoms with E-state index < -0.39 is 0 Å². The van der Waals surface area contributed by atoms with Gasteiger partial charge in [-0.25, -0.2) is 0 Å². The highest BCUT2D eigenvalue weighted by Gasteiger charge is 2.19. The van der Waals surface area contributed by atoms with Crippen molar-refractivity contribution in [2.75, 3.05) is 18.5 Å². The number of nitriles is 1. The summed E-state index contributed by atoms with van der Waals surface area (Å²) < 4.78 is 11.2. The second-order valence-electron chi connectivity index (χ2n) is 4.83. The third-order valence-electron chi connectivity index (χ3n) is 3.32. The topological polar surface area (TPSA) is 71.1 Å². The molecule has 2 aromatic rings. The molecule has 1 aromatic carbocycles. The van der Waals surface area contributed by atoms with Crippen LogP contribution in [0.3, 0.4) is 0 Å². The Morgan fingerprint density at radius 2 is 2.38 bits per heavy atom. The fraction of sp³-hybridized carbons (Fsp3) is 0.333. The second-order valence-corrected chi connectivity index (χ2v) is 5.27. The Morgan fingerprint density at radius 1 is 1.48 bits per heavy atom. The molecular formula is C15H14ClN3O2. The average molecular weight is 304 g/mol. The molecule has 1 fully saturated rings. The Labute approximate surface area is 127 Å². The van der Waals surface area contributed by atoms with Crippen LogP contribution >= 0.6 is 11.6 Å². The Bertz CT molecular complexity index is 672. The van der Waals surface area contributed by atoms with Crippen molar-refractivity contribution in [2.24, 2.45) is 0 Å². The minimum atomic E-state index is 0.163.